The molecule has 1 aromatic heterocycles. The van der Waals surface area contributed by atoms with Gasteiger partial charge < -0.3 is 14.6 Å². The summed E-state index contributed by atoms with van der Waals surface area (Å²) in [6.07, 6.45) is 2.52. The number of carbonyl (C=O) groups excluding carboxylic acids is 1. The number of hydrogen-bond donors (Lipinski definition) is 1. The van der Waals surface area contributed by atoms with Crippen LogP contribution in [0.3, 0.4) is 0 Å². The first-order valence-electron chi connectivity index (χ1n) is 9.01. The zero-order valence-corrected chi connectivity index (χ0v) is 15.2. The van der Waals surface area contributed by atoms with Crippen LogP contribution in [0.25, 0.3) is 10.9 Å². The van der Waals surface area contributed by atoms with Gasteiger partial charge in [-0.2, -0.15) is 0 Å². The topological polar surface area (TPSA) is 62.4 Å². The van der Waals surface area contributed by atoms with Crippen LogP contribution in [0.2, 0.25) is 0 Å². The smallest absolute Gasteiger partial charge is 0.253 e. The Kier molecular flexibility index (Phi) is 5.23. The van der Waals surface area contributed by atoms with Crippen molar-refractivity contribution in [1.29, 1.82) is 0 Å². The first-order chi connectivity index (χ1) is 12.0. The van der Waals surface area contributed by atoms with Crippen molar-refractivity contribution >= 4 is 16.8 Å². The molecule has 3 rings (SSSR count). The van der Waals surface area contributed by atoms with Crippen molar-refractivity contribution in [3.63, 3.8) is 0 Å². The number of hydrogen-bond acceptors (Lipinski definition) is 3. The lowest BCUT2D eigenvalue weighted by atomic mass is 10.0. The molecule has 0 saturated carbocycles. The van der Waals surface area contributed by atoms with Crippen LogP contribution in [0.15, 0.2) is 23.0 Å². The normalized spacial score (nSPS) is 17.2. The molecule has 2 aromatic rings. The van der Waals surface area contributed by atoms with E-state index >= 15 is 0 Å². The van der Waals surface area contributed by atoms with Gasteiger partial charge in [0.05, 0.1) is 18.2 Å². The molecule has 1 aliphatic rings. The number of benzene rings is 1. The number of pyridine rings is 1. The van der Waals surface area contributed by atoms with Crippen molar-refractivity contribution in [1.82, 2.24) is 9.88 Å². The van der Waals surface area contributed by atoms with Crippen LogP contribution in [0.4, 0.5) is 0 Å². The number of nitrogens with zero attached hydrogens (tertiary/aromatic N) is 1. The lowest BCUT2D eigenvalue weighted by Gasteiger charge is -2.25. The van der Waals surface area contributed by atoms with Gasteiger partial charge in [0.2, 0.25) is 5.91 Å². The third-order valence-electron chi connectivity index (χ3n) is 5.09. The van der Waals surface area contributed by atoms with Crippen molar-refractivity contribution in [2.75, 3.05) is 13.2 Å². The molecule has 1 saturated heterocycles. The van der Waals surface area contributed by atoms with Crippen molar-refractivity contribution in [3.05, 3.63) is 45.2 Å². The van der Waals surface area contributed by atoms with Crippen LogP contribution in [0, 0.1) is 13.8 Å². The minimum atomic E-state index is -0.123. The summed E-state index contributed by atoms with van der Waals surface area (Å²) in [6, 6.07) is 5.98. The zero-order chi connectivity index (χ0) is 18.0. The first-order valence-corrected chi connectivity index (χ1v) is 9.01. The van der Waals surface area contributed by atoms with Gasteiger partial charge in [0.1, 0.15) is 0 Å². The third kappa shape index (κ3) is 3.76. The fourth-order valence-corrected chi connectivity index (χ4v) is 3.41. The number of amides is 1. The van der Waals surface area contributed by atoms with Crippen molar-refractivity contribution < 1.29 is 9.53 Å². The summed E-state index contributed by atoms with van der Waals surface area (Å²) in [5, 5.41) is 0.999. The second-order valence-electron chi connectivity index (χ2n) is 6.86. The van der Waals surface area contributed by atoms with E-state index < -0.39 is 0 Å². The maximum atomic E-state index is 12.6. The number of carbonyl (C=O) groups is 1. The second-order valence-corrected chi connectivity index (χ2v) is 6.86. The highest BCUT2D eigenvalue weighted by Crippen LogP contribution is 2.20. The van der Waals surface area contributed by atoms with Gasteiger partial charge >= 0.3 is 0 Å². The molecule has 0 spiro atoms. The monoisotopic (exact) mass is 342 g/mol. The molecule has 0 bridgehead atoms. The summed E-state index contributed by atoms with van der Waals surface area (Å²) in [7, 11) is 0. The first kappa shape index (κ1) is 17.7. The molecule has 2 heterocycles. The quantitative estimate of drug-likeness (QED) is 0.908. The Morgan fingerprint density at radius 2 is 2.16 bits per heavy atom. The molecular formula is C20H26N2O3. The Morgan fingerprint density at radius 1 is 1.36 bits per heavy atom. The lowest BCUT2D eigenvalue weighted by molar-refractivity contribution is -0.133. The van der Waals surface area contributed by atoms with Gasteiger partial charge in [0, 0.05) is 25.1 Å². The van der Waals surface area contributed by atoms with E-state index in [9.17, 15) is 9.59 Å². The minimum Gasteiger partial charge on any atom is -0.376 e. The summed E-state index contributed by atoms with van der Waals surface area (Å²) < 4.78 is 5.67. The minimum absolute atomic E-state index is 0.0510. The molecule has 1 fully saturated rings. The van der Waals surface area contributed by atoms with E-state index in [2.05, 4.69) is 11.1 Å². The maximum Gasteiger partial charge on any atom is 0.253 e. The SMILES string of the molecule is CCC(=O)N(Cc1cc2ccc(C)c(C)c2[nH]c1=O)C[C@H]1CCCO1. The Labute approximate surface area is 148 Å². The Bertz CT molecular complexity index is 835. The van der Waals surface area contributed by atoms with E-state index in [1.165, 1.54) is 0 Å². The molecular weight excluding hydrogens is 316 g/mol. The molecule has 0 aliphatic carbocycles. The average molecular weight is 342 g/mol. The van der Waals surface area contributed by atoms with Crippen molar-refractivity contribution in [2.45, 2.75) is 52.7 Å². The predicted octanol–water partition coefficient (Wildman–Crippen LogP) is 3.06. The standard InChI is InChI=1S/C20H26N2O3/c1-4-18(23)22(12-17-6-5-9-25-17)11-16-10-15-8-7-13(2)14(3)19(15)21-20(16)24/h7-8,10,17H,4-6,9,11-12H2,1-3H3,(H,21,24)/t17-/m1/s1. The van der Waals surface area contributed by atoms with Crippen LogP contribution in [0.1, 0.15) is 42.9 Å². The van der Waals surface area contributed by atoms with E-state index in [4.69, 9.17) is 4.74 Å². The van der Waals surface area contributed by atoms with Crippen LogP contribution in [-0.4, -0.2) is 35.0 Å². The molecule has 0 radical (unpaired) electrons. The average Bonchev–Trinajstić information content (AvgIpc) is 3.11. The van der Waals surface area contributed by atoms with Crippen LogP contribution in [0.5, 0.6) is 0 Å². The molecule has 1 N–H and O–H groups in total. The fourth-order valence-electron chi connectivity index (χ4n) is 3.41. The summed E-state index contributed by atoms with van der Waals surface area (Å²) in [5.41, 5.74) is 3.61. The Morgan fingerprint density at radius 3 is 2.84 bits per heavy atom. The number of H-pyrrole nitrogens is 1. The third-order valence-corrected chi connectivity index (χ3v) is 5.09. The van der Waals surface area contributed by atoms with Gasteiger partial charge in [-0.3, -0.25) is 9.59 Å². The van der Waals surface area contributed by atoms with E-state index in [0.29, 0.717) is 25.1 Å². The van der Waals surface area contributed by atoms with E-state index in [0.717, 1.165) is 41.5 Å². The summed E-state index contributed by atoms with van der Waals surface area (Å²) in [5.74, 6) is 0.0510. The molecule has 1 aromatic carbocycles. The molecule has 1 aliphatic heterocycles. The number of ether oxygens (including phenoxy) is 1. The Balaban J connectivity index is 1.90. The molecule has 25 heavy (non-hydrogen) atoms. The largest absolute Gasteiger partial charge is 0.376 e. The van der Waals surface area contributed by atoms with E-state index in [1.54, 1.807) is 4.90 Å². The number of rotatable bonds is 5. The van der Waals surface area contributed by atoms with Gasteiger partial charge in [-0.05, 0) is 49.3 Å². The van der Waals surface area contributed by atoms with Crippen molar-refractivity contribution in [2.24, 2.45) is 0 Å². The van der Waals surface area contributed by atoms with Gasteiger partial charge in [0.25, 0.3) is 5.56 Å². The Hall–Kier alpha value is -2.14. The van der Waals surface area contributed by atoms with Gasteiger partial charge in [0.15, 0.2) is 0 Å². The summed E-state index contributed by atoms with van der Waals surface area (Å²) >= 11 is 0. The fraction of sp³-hybridized carbons (Fsp3) is 0.500. The number of fused-ring (bicyclic) bond motifs is 1. The number of aromatic amines is 1. The maximum absolute atomic E-state index is 12.6. The zero-order valence-electron chi connectivity index (χ0n) is 15.2. The highest BCUT2D eigenvalue weighted by molar-refractivity contribution is 5.83. The molecule has 134 valence electrons. The van der Waals surface area contributed by atoms with Crippen LogP contribution >= 0.6 is 0 Å². The van der Waals surface area contributed by atoms with Gasteiger partial charge in [-0.15, -0.1) is 0 Å². The number of nitrogens with one attached hydrogen (secondary N) is 1. The molecule has 5 heteroatoms. The summed E-state index contributed by atoms with van der Waals surface area (Å²) in [6.45, 7) is 7.53. The van der Waals surface area contributed by atoms with E-state index in [-0.39, 0.29) is 17.6 Å². The van der Waals surface area contributed by atoms with Crippen molar-refractivity contribution in [3.8, 4) is 0 Å². The van der Waals surface area contributed by atoms with E-state index in [1.807, 2.05) is 32.9 Å². The lowest BCUT2D eigenvalue weighted by Crippen LogP contribution is -2.37. The van der Waals surface area contributed by atoms with Crippen LogP contribution in [-0.2, 0) is 16.1 Å². The summed E-state index contributed by atoms with van der Waals surface area (Å²) in [4.78, 5) is 29.6. The molecule has 0 unspecified atom stereocenters. The number of aryl methyl sites for hydroxylation is 2. The molecule has 1 atom stereocenters. The second kappa shape index (κ2) is 7.40. The highest BCUT2D eigenvalue weighted by atomic mass is 16.5. The molecule has 5 nitrogen and oxygen atoms in total. The van der Waals surface area contributed by atoms with Gasteiger partial charge in [-0.1, -0.05) is 19.1 Å². The molecule has 1 amide bonds. The highest BCUT2D eigenvalue weighted by Gasteiger charge is 2.22. The van der Waals surface area contributed by atoms with Gasteiger partial charge in [-0.25, -0.2) is 0 Å². The predicted molar refractivity (Wildman–Crippen MR) is 98.7 cm³/mol. The van der Waals surface area contributed by atoms with Crippen LogP contribution < -0.4 is 5.56 Å². The number of aromatic nitrogens is 1.